The number of aryl methyl sites for hydroxylation is 2. The van der Waals surface area contributed by atoms with Crippen LogP contribution in [0, 0.1) is 13.8 Å². The van der Waals surface area contributed by atoms with Crippen LogP contribution in [-0.4, -0.2) is 25.1 Å². The number of nitrogens with two attached hydrogens (primary N) is 1. The lowest BCUT2D eigenvalue weighted by molar-refractivity contribution is -0.122. The van der Waals surface area contributed by atoms with Crippen LogP contribution in [0.15, 0.2) is 18.2 Å². The molecule has 0 bridgehead atoms. The molecule has 0 heterocycles. The maximum Gasteiger partial charge on any atom is 0.220 e. The molecule has 0 saturated heterocycles. The predicted molar refractivity (Wildman–Crippen MR) is 98.4 cm³/mol. The molecule has 1 aromatic rings. The van der Waals surface area contributed by atoms with E-state index in [1.807, 2.05) is 39.0 Å². The van der Waals surface area contributed by atoms with Crippen LogP contribution in [0.2, 0.25) is 0 Å². The summed E-state index contributed by atoms with van der Waals surface area (Å²) < 4.78 is 5.86. The Morgan fingerprint density at radius 2 is 1.78 bits per heavy atom. The minimum atomic E-state index is 0. The molecule has 4 nitrogen and oxygen atoms in total. The Bertz CT molecular complexity index is 446. The lowest BCUT2D eigenvalue weighted by Crippen LogP contribution is -2.36. The molecule has 132 valence electrons. The standard InChI is InChI=1S/C18H30N2O2.ClH/c1-14-9-8-10-15(2)18(14)22-13-16(3)20-17(21)11-6-4-5-7-12-19;/h8-10,16H,4-7,11-13,19H2,1-3H3,(H,20,21);1H. The molecule has 0 radical (unpaired) electrons. The van der Waals surface area contributed by atoms with Gasteiger partial charge in [-0.1, -0.05) is 31.0 Å². The molecule has 0 fully saturated rings. The number of benzene rings is 1. The number of amides is 1. The first-order valence-electron chi connectivity index (χ1n) is 8.23. The van der Waals surface area contributed by atoms with E-state index in [9.17, 15) is 4.79 Å². The zero-order valence-corrected chi connectivity index (χ0v) is 15.4. The quantitative estimate of drug-likeness (QED) is 0.639. The molecule has 1 rings (SSSR count). The fraction of sp³-hybridized carbons (Fsp3) is 0.611. The summed E-state index contributed by atoms with van der Waals surface area (Å²) in [5.74, 6) is 1.02. The van der Waals surface area contributed by atoms with E-state index in [1.54, 1.807) is 0 Å². The van der Waals surface area contributed by atoms with Crippen LogP contribution in [0.4, 0.5) is 0 Å². The van der Waals surface area contributed by atoms with E-state index in [0.29, 0.717) is 13.0 Å². The van der Waals surface area contributed by atoms with Gasteiger partial charge in [-0.25, -0.2) is 0 Å². The number of ether oxygens (including phenoxy) is 1. The second-order valence-corrected chi connectivity index (χ2v) is 5.95. The summed E-state index contributed by atoms with van der Waals surface area (Å²) in [6, 6.07) is 6.10. The number of halogens is 1. The first-order valence-corrected chi connectivity index (χ1v) is 8.23. The fourth-order valence-electron chi connectivity index (χ4n) is 2.41. The molecule has 3 N–H and O–H groups in total. The Labute approximate surface area is 146 Å². The largest absolute Gasteiger partial charge is 0.491 e. The van der Waals surface area contributed by atoms with Crippen molar-refractivity contribution in [3.8, 4) is 5.75 Å². The number of nitrogens with one attached hydrogen (secondary N) is 1. The van der Waals surface area contributed by atoms with Crippen LogP contribution in [0.1, 0.15) is 50.2 Å². The molecule has 0 aliphatic carbocycles. The maximum absolute atomic E-state index is 11.8. The summed E-state index contributed by atoms with van der Waals surface area (Å²) in [5, 5.41) is 2.99. The summed E-state index contributed by atoms with van der Waals surface area (Å²) >= 11 is 0. The van der Waals surface area contributed by atoms with Gasteiger partial charge in [-0.05, 0) is 51.3 Å². The minimum absolute atomic E-state index is 0. The number of carbonyl (C=O) groups is 1. The normalized spacial score (nSPS) is 11.5. The average Bonchev–Trinajstić information content (AvgIpc) is 2.46. The van der Waals surface area contributed by atoms with E-state index in [-0.39, 0.29) is 24.4 Å². The fourth-order valence-corrected chi connectivity index (χ4v) is 2.41. The Kier molecular flexibility index (Phi) is 11.5. The first kappa shape index (κ1) is 21.7. The van der Waals surface area contributed by atoms with Gasteiger partial charge < -0.3 is 15.8 Å². The zero-order valence-electron chi connectivity index (χ0n) is 14.6. The van der Waals surface area contributed by atoms with Gasteiger partial charge in [0.15, 0.2) is 0 Å². The van der Waals surface area contributed by atoms with E-state index in [1.165, 1.54) is 0 Å². The Hall–Kier alpha value is -1.26. The first-order chi connectivity index (χ1) is 10.5. The topological polar surface area (TPSA) is 64.3 Å². The summed E-state index contributed by atoms with van der Waals surface area (Å²) in [7, 11) is 0. The molecule has 0 aromatic heterocycles. The third-order valence-corrected chi connectivity index (χ3v) is 3.65. The smallest absolute Gasteiger partial charge is 0.220 e. The number of hydrogen-bond acceptors (Lipinski definition) is 3. The summed E-state index contributed by atoms with van der Waals surface area (Å²) in [5.41, 5.74) is 7.69. The van der Waals surface area contributed by atoms with E-state index < -0.39 is 0 Å². The highest BCUT2D eigenvalue weighted by Crippen LogP contribution is 2.22. The van der Waals surface area contributed by atoms with Crippen molar-refractivity contribution in [2.45, 2.75) is 58.9 Å². The van der Waals surface area contributed by atoms with Crippen LogP contribution in [0.3, 0.4) is 0 Å². The second-order valence-electron chi connectivity index (χ2n) is 5.95. The van der Waals surface area contributed by atoms with Gasteiger partial charge in [0.1, 0.15) is 12.4 Å². The van der Waals surface area contributed by atoms with Gasteiger partial charge in [0.05, 0.1) is 6.04 Å². The van der Waals surface area contributed by atoms with Crippen molar-refractivity contribution in [2.75, 3.05) is 13.2 Å². The summed E-state index contributed by atoms with van der Waals surface area (Å²) in [6.45, 7) is 7.27. The van der Waals surface area contributed by atoms with Crippen molar-refractivity contribution >= 4 is 18.3 Å². The Morgan fingerprint density at radius 3 is 2.39 bits per heavy atom. The van der Waals surface area contributed by atoms with Crippen LogP contribution >= 0.6 is 12.4 Å². The Morgan fingerprint density at radius 1 is 1.17 bits per heavy atom. The monoisotopic (exact) mass is 342 g/mol. The van der Waals surface area contributed by atoms with Crippen molar-refractivity contribution in [1.82, 2.24) is 5.32 Å². The molecule has 23 heavy (non-hydrogen) atoms. The molecular formula is C18H31ClN2O2. The number of hydrogen-bond donors (Lipinski definition) is 2. The molecule has 0 aliphatic rings. The molecule has 5 heteroatoms. The van der Waals surface area contributed by atoms with E-state index in [2.05, 4.69) is 5.32 Å². The predicted octanol–water partition coefficient (Wildman–Crippen LogP) is 3.52. The summed E-state index contributed by atoms with van der Waals surface area (Å²) in [4.78, 5) is 11.8. The number of para-hydroxylation sites is 1. The number of rotatable bonds is 10. The summed E-state index contributed by atoms with van der Waals surface area (Å²) in [6.07, 6.45) is 4.73. The molecule has 0 aliphatic heterocycles. The van der Waals surface area contributed by atoms with E-state index in [4.69, 9.17) is 10.5 Å². The second kappa shape index (κ2) is 12.2. The van der Waals surface area contributed by atoms with Crippen molar-refractivity contribution in [3.63, 3.8) is 0 Å². The molecule has 1 atom stereocenters. The molecular weight excluding hydrogens is 312 g/mol. The molecule has 1 unspecified atom stereocenters. The van der Waals surface area contributed by atoms with Gasteiger partial charge in [-0.2, -0.15) is 0 Å². The van der Waals surface area contributed by atoms with Crippen LogP contribution in [0.25, 0.3) is 0 Å². The van der Waals surface area contributed by atoms with Crippen molar-refractivity contribution < 1.29 is 9.53 Å². The maximum atomic E-state index is 11.8. The molecule has 0 saturated carbocycles. The molecule has 0 spiro atoms. The van der Waals surface area contributed by atoms with Gasteiger partial charge in [-0.3, -0.25) is 4.79 Å². The highest BCUT2D eigenvalue weighted by atomic mass is 35.5. The Balaban J connectivity index is 0.00000484. The lowest BCUT2D eigenvalue weighted by Gasteiger charge is -2.17. The van der Waals surface area contributed by atoms with Gasteiger partial charge in [0.25, 0.3) is 0 Å². The zero-order chi connectivity index (χ0) is 16.4. The molecule has 1 aromatic carbocycles. The van der Waals surface area contributed by atoms with E-state index in [0.717, 1.165) is 49.1 Å². The van der Waals surface area contributed by atoms with Crippen LogP contribution in [-0.2, 0) is 4.79 Å². The average molecular weight is 343 g/mol. The van der Waals surface area contributed by atoms with Gasteiger partial charge in [0, 0.05) is 6.42 Å². The highest BCUT2D eigenvalue weighted by molar-refractivity contribution is 5.85. The van der Waals surface area contributed by atoms with Crippen molar-refractivity contribution in [1.29, 1.82) is 0 Å². The van der Waals surface area contributed by atoms with Crippen molar-refractivity contribution in [3.05, 3.63) is 29.3 Å². The van der Waals surface area contributed by atoms with Gasteiger partial charge >= 0.3 is 0 Å². The van der Waals surface area contributed by atoms with Crippen LogP contribution in [0.5, 0.6) is 5.75 Å². The van der Waals surface area contributed by atoms with Crippen LogP contribution < -0.4 is 15.8 Å². The SMILES string of the molecule is Cc1cccc(C)c1OCC(C)NC(=O)CCCCCCN.Cl. The number of unbranched alkanes of at least 4 members (excludes halogenated alkanes) is 3. The molecule has 1 amide bonds. The van der Waals surface area contributed by atoms with E-state index >= 15 is 0 Å². The third-order valence-electron chi connectivity index (χ3n) is 3.65. The lowest BCUT2D eigenvalue weighted by atomic mass is 10.1. The van der Waals surface area contributed by atoms with Crippen molar-refractivity contribution in [2.24, 2.45) is 5.73 Å². The van der Waals surface area contributed by atoms with Gasteiger partial charge in [0.2, 0.25) is 5.91 Å². The minimum Gasteiger partial charge on any atom is -0.491 e. The highest BCUT2D eigenvalue weighted by Gasteiger charge is 2.10. The third kappa shape index (κ3) is 8.82. The number of carbonyl (C=O) groups excluding carboxylic acids is 1. The van der Waals surface area contributed by atoms with Gasteiger partial charge in [-0.15, -0.1) is 12.4 Å².